The van der Waals surface area contributed by atoms with Crippen molar-refractivity contribution in [3.63, 3.8) is 0 Å². The molecule has 1 rings (SSSR count). The fraction of sp³-hybridized carbons (Fsp3) is 0.643. The van der Waals surface area contributed by atoms with Gasteiger partial charge >= 0.3 is 5.63 Å². The molecule has 1 heterocycles. The van der Waals surface area contributed by atoms with Gasteiger partial charge in [0.25, 0.3) is 0 Å². The lowest BCUT2D eigenvalue weighted by atomic mass is 10.0. The maximum atomic E-state index is 11.5. The predicted octanol–water partition coefficient (Wildman–Crippen LogP) is 3.63. The molecule has 0 aliphatic heterocycles. The van der Waals surface area contributed by atoms with Crippen molar-refractivity contribution < 1.29 is 4.42 Å². The van der Waals surface area contributed by atoms with Crippen molar-refractivity contribution in [2.75, 3.05) is 0 Å². The van der Waals surface area contributed by atoms with E-state index in [0.29, 0.717) is 0 Å². The first-order valence-corrected chi connectivity index (χ1v) is 6.31. The topological polar surface area (TPSA) is 30.2 Å². The molecule has 0 bridgehead atoms. The van der Waals surface area contributed by atoms with Gasteiger partial charge in [-0.25, -0.2) is 4.79 Å². The average Bonchev–Trinajstić information content (AvgIpc) is 2.28. The van der Waals surface area contributed by atoms with Gasteiger partial charge in [0.1, 0.15) is 5.76 Å². The molecule has 2 heteroatoms. The minimum absolute atomic E-state index is 0.175. The Morgan fingerprint density at radius 1 is 1.12 bits per heavy atom. The molecule has 0 amide bonds. The Balaban J connectivity index is 2.92. The Bertz CT molecular complexity index is 377. The number of hydrogen-bond donors (Lipinski definition) is 0. The summed E-state index contributed by atoms with van der Waals surface area (Å²) in [5.74, 6) is 0.908. The van der Waals surface area contributed by atoms with E-state index in [1.807, 2.05) is 13.0 Å². The van der Waals surface area contributed by atoms with Crippen LogP contribution in [-0.4, -0.2) is 0 Å². The summed E-state index contributed by atoms with van der Waals surface area (Å²) in [5.41, 5.74) is 1.78. The van der Waals surface area contributed by atoms with Crippen molar-refractivity contribution in [2.45, 2.75) is 59.3 Å². The van der Waals surface area contributed by atoms with Gasteiger partial charge in [-0.3, -0.25) is 0 Å². The van der Waals surface area contributed by atoms with E-state index in [1.165, 1.54) is 12.0 Å². The van der Waals surface area contributed by atoms with Gasteiger partial charge in [-0.15, -0.1) is 0 Å². The third-order valence-corrected chi connectivity index (χ3v) is 2.84. The molecule has 0 atom stereocenters. The highest BCUT2D eigenvalue weighted by Gasteiger charge is 2.08. The molecule has 0 saturated carbocycles. The summed E-state index contributed by atoms with van der Waals surface area (Å²) in [6.07, 6.45) is 6.47. The molecule has 2 nitrogen and oxygen atoms in total. The SMILES string of the molecule is CCCCc1cc(C)c(=O)oc1CCCC. The number of unbranched alkanes of at least 4 members (excludes halogenated alkanes) is 2. The second kappa shape index (κ2) is 6.51. The van der Waals surface area contributed by atoms with Crippen LogP contribution in [0.1, 0.15) is 56.4 Å². The highest BCUT2D eigenvalue weighted by atomic mass is 16.4. The number of aryl methyl sites for hydroxylation is 3. The molecule has 0 unspecified atom stereocenters. The molecule has 16 heavy (non-hydrogen) atoms. The fourth-order valence-corrected chi connectivity index (χ4v) is 1.79. The van der Waals surface area contributed by atoms with Crippen LogP contribution in [-0.2, 0) is 12.8 Å². The zero-order chi connectivity index (χ0) is 12.0. The minimum Gasteiger partial charge on any atom is -0.427 e. The van der Waals surface area contributed by atoms with Crippen LogP contribution in [0.25, 0.3) is 0 Å². The Morgan fingerprint density at radius 3 is 2.38 bits per heavy atom. The maximum Gasteiger partial charge on any atom is 0.338 e. The van der Waals surface area contributed by atoms with Crippen LogP contribution in [0.3, 0.4) is 0 Å². The molecule has 1 aromatic heterocycles. The monoisotopic (exact) mass is 222 g/mol. The molecule has 0 N–H and O–H groups in total. The Morgan fingerprint density at radius 2 is 1.75 bits per heavy atom. The van der Waals surface area contributed by atoms with Crippen LogP contribution < -0.4 is 5.63 Å². The summed E-state index contributed by atoms with van der Waals surface area (Å²) in [5, 5.41) is 0. The fourth-order valence-electron chi connectivity index (χ4n) is 1.79. The molecule has 0 aliphatic rings. The van der Waals surface area contributed by atoms with Crippen molar-refractivity contribution in [1.29, 1.82) is 0 Å². The summed E-state index contributed by atoms with van der Waals surface area (Å²) >= 11 is 0. The molecule has 0 aliphatic carbocycles. The van der Waals surface area contributed by atoms with Crippen LogP contribution >= 0.6 is 0 Å². The second-order valence-corrected chi connectivity index (χ2v) is 4.37. The normalized spacial score (nSPS) is 10.7. The quantitative estimate of drug-likeness (QED) is 0.735. The van der Waals surface area contributed by atoms with E-state index in [2.05, 4.69) is 13.8 Å². The molecular formula is C14H22O2. The van der Waals surface area contributed by atoms with Gasteiger partial charge in [0.2, 0.25) is 0 Å². The third kappa shape index (κ3) is 3.51. The molecule has 0 aromatic carbocycles. The lowest BCUT2D eigenvalue weighted by Gasteiger charge is -2.07. The van der Waals surface area contributed by atoms with Crippen molar-refractivity contribution in [3.8, 4) is 0 Å². The number of hydrogen-bond acceptors (Lipinski definition) is 2. The highest BCUT2D eigenvalue weighted by Crippen LogP contribution is 2.14. The van der Waals surface area contributed by atoms with Gasteiger partial charge < -0.3 is 4.42 Å². The second-order valence-electron chi connectivity index (χ2n) is 4.37. The standard InChI is InChI=1S/C14H22O2/c1-4-6-8-12-10-11(3)14(15)16-13(12)9-7-5-2/h10H,4-9H2,1-3H3. The van der Waals surface area contributed by atoms with Crippen LogP contribution in [0.4, 0.5) is 0 Å². The van der Waals surface area contributed by atoms with E-state index in [0.717, 1.165) is 43.4 Å². The van der Waals surface area contributed by atoms with E-state index < -0.39 is 0 Å². The van der Waals surface area contributed by atoms with Crippen LogP contribution in [0.5, 0.6) is 0 Å². The smallest absolute Gasteiger partial charge is 0.338 e. The summed E-state index contributed by atoms with van der Waals surface area (Å²) in [6.45, 7) is 6.15. The number of rotatable bonds is 6. The van der Waals surface area contributed by atoms with Crippen LogP contribution in [0.15, 0.2) is 15.3 Å². The van der Waals surface area contributed by atoms with Crippen molar-refractivity contribution in [2.24, 2.45) is 0 Å². The van der Waals surface area contributed by atoms with E-state index in [4.69, 9.17) is 4.42 Å². The molecule has 1 aromatic rings. The van der Waals surface area contributed by atoms with E-state index in [-0.39, 0.29) is 5.63 Å². The summed E-state index contributed by atoms with van der Waals surface area (Å²) in [6, 6.07) is 2.01. The average molecular weight is 222 g/mol. The molecule has 0 saturated heterocycles. The summed E-state index contributed by atoms with van der Waals surface area (Å²) in [7, 11) is 0. The van der Waals surface area contributed by atoms with E-state index in [9.17, 15) is 4.79 Å². The minimum atomic E-state index is -0.175. The first kappa shape index (κ1) is 13.0. The molecule has 0 fully saturated rings. The molecule has 0 spiro atoms. The molecular weight excluding hydrogens is 200 g/mol. The van der Waals surface area contributed by atoms with Gasteiger partial charge in [-0.1, -0.05) is 26.7 Å². The predicted molar refractivity (Wildman–Crippen MR) is 66.9 cm³/mol. The summed E-state index contributed by atoms with van der Waals surface area (Å²) < 4.78 is 5.38. The van der Waals surface area contributed by atoms with E-state index in [1.54, 1.807) is 0 Å². The first-order chi connectivity index (χ1) is 7.69. The van der Waals surface area contributed by atoms with Gasteiger partial charge in [0.15, 0.2) is 0 Å². The largest absolute Gasteiger partial charge is 0.427 e. The Kier molecular flexibility index (Phi) is 5.30. The first-order valence-electron chi connectivity index (χ1n) is 6.31. The Labute approximate surface area is 97.7 Å². The highest BCUT2D eigenvalue weighted by molar-refractivity contribution is 5.22. The van der Waals surface area contributed by atoms with Gasteiger partial charge in [0.05, 0.1) is 0 Å². The lowest BCUT2D eigenvalue weighted by molar-refractivity contribution is 0.440. The van der Waals surface area contributed by atoms with Crippen LogP contribution in [0, 0.1) is 6.92 Å². The van der Waals surface area contributed by atoms with Crippen molar-refractivity contribution in [3.05, 3.63) is 33.4 Å². The lowest BCUT2D eigenvalue weighted by Crippen LogP contribution is -2.08. The maximum absolute atomic E-state index is 11.5. The van der Waals surface area contributed by atoms with Gasteiger partial charge in [-0.2, -0.15) is 0 Å². The molecule has 90 valence electrons. The Hall–Kier alpha value is -1.05. The third-order valence-electron chi connectivity index (χ3n) is 2.84. The zero-order valence-electron chi connectivity index (χ0n) is 10.6. The van der Waals surface area contributed by atoms with Crippen LogP contribution in [0.2, 0.25) is 0 Å². The van der Waals surface area contributed by atoms with E-state index >= 15 is 0 Å². The van der Waals surface area contributed by atoms with Gasteiger partial charge in [-0.05, 0) is 37.8 Å². The van der Waals surface area contributed by atoms with Crippen molar-refractivity contribution >= 4 is 0 Å². The molecule has 0 radical (unpaired) electrons. The van der Waals surface area contributed by atoms with Crippen molar-refractivity contribution in [1.82, 2.24) is 0 Å². The van der Waals surface area contributed by atoms with Gasteiger partial charge in [0, 0.05) is 12.0 Å². The summed E-state index contributed by atoms with van der Waals surface area (Å²) in [4.78, 5) is 11.5. The zero-order valence-corrected chi connectivity index (χ0v) is 10.6.